The van der Waals surface area contributed by atoms with Gasteiger partial charge in [0.15, 0.2) is 12.6 Å². The molecule has 0 bridgehead atoms. The minimum Gasteiger partial charge on any atom is -0.496 e. The maximum atomic E-state index is 12.5. The lowest BCUT2D eigenvalue weighted by Gasteiger charge is -2.13. The third kappa shape index (κ3) is 5.14. The normalized spacial score (nSPS) is 10.1. The Morgan fingerprint density at radius 1 is 1.24 bits per heavy atom. The molecule has 0 aliphatic heterocycles. The van der Waals surface area contributed by atoms with E-state index in [1.54, 1.807) is 18.2 Å². The van der Waals surface area contributed by atoms with Gasteiger partial charge in [-0.1, -0.05) is 11.6 Å². The van der Waals surface area contributed by atoms with Crippen LogP contribution in [-0.2, 0) is 4.74 Å². The number of allylic oxidation sites excluding steroid dienone is 1. The van der Waals surface area contributed by atoms with Gasteiger partial charge in [-0.25, -0.2) is 0 Å². The predicted octanol–water partition coefficient (Wildman–Crippen LogP) is 4.08. The van der Waals surface area contributed by atoms with Crippen molar-refractivity contribution in [2.24, 2.45) is 0 Å². The second-order valence-corrected chi connectivity index (χ2v) is 6.16. The molecule has 0 aliphatic rings. The molecule has 0 spiro atoms. The molecule has 0 atom stereocenters. The van der Waals surface area contributed by atoms with Crippen molar-refractivity contribution in [1.29, 1.82) is 0 Å². The van der Waals surface area contributed by atoms with E-state index >= 15 is 0 Å². The molecular weight excluding hydrogens is 332 g/mol. The maximum absolute atomic E-state index is 12.5. The fourth-order valence-electron chi connectivity index (χ4n) is 1.58. The summed E-state index contributed by atoms with van der Waals surface area (Å²) in [6.07, 6.45) is 5.38. The van der Waals surface area contributed by atoms with Gasteiger partial charge in [0.05, 0.1) is 7.11 Å². The van der Waals surface area contributed by atoms with Gasteiger partial charge in [-0.3, -0.25) is 4.79 Å². The van der Waals surface area contributed by atoms with Crippen molar-refractivity contribution in [2.75, 3.05) is 33.5 Å². The number of thioether (sulfide) groups is 2. The van der Waals surface area contributed by atoms with Crippen LogP contribution in [0.25, 0.3) is 0 Å². The number of carbonyl (C=O) groups is 1. The van der Waals surface area contributed by atoms with Crippen molar-refractivity contribution in [3.05, 3.63) is 33.0 Å². The van der Waals surface area contributed by atoms with E-state index < -0.39 is 0 Å². The highest BCUT2D eigenvalue weighted by Gasteiger charge is 2.19. The van der Waals surface area contributed by atoms with Crippen LogP contribution in [0.15, 0.2) is 22.4 Å². The van der Waals surface area contributed by atoms with Gasteiger partial charge >= 0.3 is 0 Å². The van der Waals surface area contributed by atoms with E-state index in [0.717, 1.165) is 4.24 Å². The number of ether oxygens (including phenoxy) is 3. The van der Waals surface area contributed by atoms with Crippen molar-refractivity contribution >= 4 is 40.9 Å². The fourth-order valence-corrected chi connectivity index (χ4v) is 2.89. The highest BCUT2D eigenvalue weighted by Crippen LogP contribution is 2.35. The van der Waals surface area contributed by atoms with Gasteiger partial charge in [-0.15, -0.1) is 23.5 Å². The lowest BCUT2D eigenvalue weighted by Crippen LogP contribution is -2.07. The first kappa shape index (κ1) is 18.2. The smallest absolute Gasteiger partial charge is 0.194 e. The molecule has 0 radical (unpaired) electrons. The molecule has 0 saturated carbocycles. The molecular formula is C14H17ClO4S2. The standard InChI is InChI=1S/C14H17ClO4S2/c1-17-8-19-12-6-9(15)5-11(18-2)14(12)10(16)7-13(20-3)21-4/h5-7H,8H2,1-4H3. The zero-order valence-electron chi connectivity index (χ0n) is 12.3. The van der Waals surface area contributed by atoms with Crippen molar-refractivity contribution in [3.8, 4) is 11.5 Å². The number of rotatable bonds is 8. The van der Waals surface area contributed by atoms with Crippen LogP contribution >= 0.6 is 35.1 Å². The average Bonchev–Trinajstić information content (AvgIpc) is 2.49. The van der Waals surface area contributed by atoms with Crippen LogP contribution in [0.2, 0.25) is 5.02 Å². The first-order valence-electron chi connectivity index (χ1n) is 5.90. The summed E-state index contributed by atoms with van der Waals surface area (Å²) < 4.78 is 16.5. The number of hydrogen-bond acceptors (Lipinski definition) is 6. The highest BCUT2D eigenvalue weighted by atomic mass is 35.5. The van der Waals surface area contributed by atoms with Crippen LogP contribution in [0.5, 0.6) is 11.5 Å². The van der Waals surface area contributed by atoms with E-state index in [0.29, 0.717) is 22.1 Å². The topological polar surface area (TPSA) is 44.8 Å². The lowest BCUT2D eigenvalue weighted by molar-refractivity contribution is 0.0502. The van der Waals surface area contributed by atoms with E-state index in [1.165, 1.54) is 37.7 Å². The minimum atomic E-state index is -0.201. The van der Waals surface area contributed by atoms with Crippen LogP contribution in [0.3, 0.4) is 0 Å². The number of benzene rings is 1. The Hall–Kier alpha value is -0.820. The van der Waals surface area contributed by atoms with Crippen LogP contribution in [-0.4, -0.2) is 39.3 Å². The second kappa shape index (κ2) is 9.25. The Kier molecular flexibility index (Phi) is 8.03. The number of halogens is 1. The molecule has 0 amide bonds. The van der Waals surface area contributed by atoms with Crippen LogP contribution in [0.1, 0.15) is 10.4 Å². The van der Waals surface area contributed by atoms with Gasteiger partial charge in [-0.2, -0.15) is 0 Å². The van der Waals surface area contributed by atoms with Crippen LogP contribution in [0, 0.1) is 0 Å². The average molecular weight is 349 g/mol. The molecule has 1 aromatic carbocycles. The molecule has 0 N–H and O–H groups in total. The van der Waals surface area contributed by atoms with Gasteiger partial charge in [0.25, 0.3) is 0 Å². The fraction of sp³-hybridized carbons (Fsp3) is 0.357. The number of methoxy groups -OCH3 is 2. The summed E-state index contributed by atoms with van der Waals surface area (Å²) in [4.78, 5) is 12.5. The van der Waals surface area contributed by atoms with Gasteiger partial charge < -0.3 is 14.2 Å². The highest BCUT2D eigenvalue weighted by molar-refractivity contribution is 8.21. The quantitative estimate of drug-likeness (QED) is 0.400. The zero-order valence-corrected chi connectivity index (χ0v) is 14.7. The van der Waals surface area contributed by atoms with E-state index in [-0.39, 0.29) is 12.6 Å². The summed E-state index contributed by atoms with van der Waals surface area (Å²) in [6.45, 7) is 0.0192. The van der Waals surface area contributed by atoms with E-state index in [9.17, 15) is 4.79 Å². The molecule has 1 rings (SSSR count). The first-order chi connectivity index (χ1) is 10.1. The molecule has 21 heavy (non-hydrogen) atoms. The Balaban J connectivity index is 3.29. The molecule has 0 fully saturated rings. The van der Waals surface area contributed by atoms with Crippen molar-refractivity contribution in [3.63, 3.8) is 0 Å². The SMILES string of the molecule is COCOc1cc(Cl)cc(OC)c1C(=O)C=C(SC)SC. The minimum absolute atomic E-state index is 0.0192. The van der Waals surface area contributed by atoms with Crippen molar-refractivity contribution in [2.45, 2.75) is 0 Å². The summed E-state index contributed by atoms with van der Waals surface area (Å²) in [7, 11) is 2.99. The van der Waals surface area contributed by atoms with E-state index in [1.807, 2.05) is 12.5 Å². The maximum Gasteiger partial charge on any atom is 0.194 e. The Morgan fingerprint density at radius 3 is 2.38 bits per heavy atom. The summed E-state index contributed by atoms with van der Waals surface area (Å²) >= 11 is 9.02. The van der Waals surface area contributed by atoms with Gasteiger partial charge in [0.1, 0.15) is 17.1 Å². The second-order valence-electron chi connectivity index (χ2n) is 3.77. The molecule has 0 aromatic heterocycles. The number of carbonyl (C=O) groups excluding carboxylic acids is 1. The molecule has 1 aromatic rings. The summed E-state index contributed by atoms with van der Waals surface area (Å²) in [5, 5.41) is 0.424. The summed E-state index contributed by atoms with van der Waals surface area (Å²) in [6, 6.07) is 3.15. The lowest BCUT2D eigenvalue weighted by atomic mass is 10.1. The van der Waals surface area contributed by atoms with Crippen LogP contribution in [0.4, 0.5) is 0 Å². The molecule has 0 heterocycles. The zero-order chi connectivity index (χ0) is 15.8. The van der Waals surface area contributed by atoms with Gasteiger partial charge in [-0.05, 0) is 24.6 Å². The Labute approximate surface area is 138 Å². The molecule has 7 heteroatoms. The van der Waals surface area contributed by atoms with Crippen molar-refractivity contribution in [1.82, 2.24) is 0 Å². The monoisotopic (exact) mass is 348 g/mol. The summed E-state index contributed by atoms with van der Waals surface area (Å²) in [5.74, 6) is 0.508. The Bertz CT molecular complexity index is 526. The first-order valence-corrected chi connectivity index (χ1v) is 8.73. The largest absolute Gasteiger partial charge is 0.496 e. The van der Waals surface area contributed by atoms with Crippen LogP contribution < -0.4 is 9.47 Å². The summed E-state index contributed by atoms with van der Waals surface area (Å²) in [5.41, 5.74) is 0.333. The van der Waals surface area contributed by atoms with E-state index in [4.69, 9.17) is 25.8 Å². The molecule has 0 saturated heterocycles. The number of ketones is 1. The predicted molar refractivity (Wildman–Crippen MR) is 90.0 cm³/mol. The molecule has 0 unspecified atom stereocenters. The third-order valence-electron chi connectivity index (χ3n) is 2.48. The molecule has 116 valence electrons. The molecule has 0 aliphatic carbocycles. The van der Waals surface area contributed by atoms with Crippen molar-refractivity contribution < 1.29 is 19.0 Å². The third-order valence-corrected chi connectivity index (χ3v) is 4.74. The van der Waals surface area contributed by atoms with Gasteiger partial charge in [0.2, 0.25) is 0 Å². The molecule has 4 nitrogen and oxygen atoms in total. The van der Waals surface area contributed by atoms with E-state index in [2.05, 4.69) is 0 Å². The number of hydrogen-bond donors (Lipinski definition) is 0. The Morgan fingerprint density at radius 2 is 1.86 bits per heavy atom. The van der Waals surface area contributed by atoms with Gasteiger partial charge in [0, 0.05) is 22.4 Å².